The van der Waals surface area contributed by atoms with E-state index in [9.17, 15) is 4.79 Å². The van der Waals surface area contributed by atoms with E-state index in [1.54, 1.807) is 49.2 Å². The zero-order chi connectivity index (χ0) is 17.1. The Labute approximate surface area is 139 Å². The smallest absolute Gasteiger partial charge is 0.255 e. The average Bonchev–Trinajstić information content (AvgIpc) is 3.03. The van der Waals surface area contributed by atoms with Crippen molar-refractivity contribution >= 4 is 22.6 Å². The van der Waals surface area contributed by atoms with Crippen LogP contribution in [0.3, 0.4) is 0 Å². The molecule has 1 heterocycles. The molecule has 1 N–H and O–H groups in total. The van der Waals surface area contributed by atoms with Gasteiger partial charge in [0.15, 0.2) is 11.5 Å². The molecule has 0 spiro atoms. The van der Waals surface area contributed by atoms with Crippen molar-refractivity contribution < 1.29 is 14.3 Å². The lowest BCUT2D eigenvalue weighted by Crippen LogP contribution is -2.12. The highest BCUT2D eigenvalue weighted by Crippen LogP contribution is 2.30. The summed E-state index contributed by atoms with van der Waals surface area (Å²) in [5, 5.41) is 11.0. The highest BCUT2D eigenvalue weighted by molar-refractivity contribution is 6.06. The number of hydrogen-bond donors (Lipinski definition) is 1. The van der Waals surface area contributed by atoms with Gasteiger partial charge in [0.25, 0.3) is 5.91 Å². The van der Waals surface area contributed by atoms with Crippen LogP contribution in [-0.4, -0.2) is 35.1 Å². The zero-order valence-electron chi connectivity index (χ0n) is 13.7. The Morgan fingerprint density at radius 1 is 1.12 bits per heavy atom. The Morgan fingerprint density at radius 3 is 2.62 bits per heavy atom. The van der Waals surface area contributed by atoms with E-state index in [0.717, 1.165) is 12.1 Å². The van der Waals surface area contributed by atoms with E-state index in [1.807, 2.05) is 13.0 Å². The Morgan fingerprint density at radius 2 is 1.92 bits per heavy atom. The highest BCUT2D eigenvalue weighted by atomic mass is 16.5. The second-order valence-electron chi connectivity index (χ2n) is 5.13. The second kappa shape index (κ2) is 6.57. The summed E-state index contributed by atoms with van der Waals surface area (Å²) in [6.07, 6.45) is 0. The molecule has 0 aliphatic carbocycles. The van der Waals surface area contributed by atoms with Crippen LogP contribution in [0.5, 0.6) is 11.5 Å². The summed E-state index contributed by atoms with van der Waals surface area (Å²) in [7, 11) is 3.11. The first-order chi connectivity index (χ1) is 11.7. The number of hydrogen-bond acceptors (Lipinski definition) is 5. The van der Waals surface area contributed by atoms with E-state index in [1.165, 1.54) is 0 Å². The van der Waals surface area contributed by atoms with Gasteiger partial charge in [-0.05, 0) is 37.3 Å². The maximum absolute atomic E-state index is 12.5. The molecule has 3 aromatic rings. The normalized spacial score (nSPS) is 10.6. The summed E-state index contributed by atoms with van der Waals surface area (Å²) in [4.78, 5) is 12.5. The number of rotatable bonds is 5. The van der Waals surface area contributed by atoms with Crippen LogP contribution in [0.15, 0.2) is 36.4 Å². The molecule has 7 heteroatoms. The van der Waals surface area contributed by atoms with Gasteiger partial charge in [0.1, 0.15) is 5.52 Å². The number of methoxy groups -OCH3 is 2. The van der Waals surface area contributed by atoms with Crippen molar-refractivity contribution in [1.82, 2.24) is 15.0 Å². The van der Waals surface area contributed by atoms with Gasteiger partial charge < -0.3 is 14.8 Å². The number of anilines is 1. The molecule has 0 aliphatic heterocycles. The van der Waals surface area contributed by atoms with Gasteiger partial charge in [-0.1, -0.05) is 5.21 Å². The maximum atomic E-state index is 12.5. The van der Waals surface area contributed by atoms with Crippen LogP contribution in [0.4, 0.5) is 5.69 Å². The molecule has 0 atom stereocenters. The van der Waals surface area contributed by atoms with E-state index in [0.29, 0.717) is 28.3 Å². The van der Waals surface area contributed by atoms with Crippen LogP contribution < -0.4 is 14.8 Å². The first kappa shape index (κ1) is 15.8. The number of fused-ring (bicyclic) bond motifs is 1. The molecule has 0 unspecified atom stereocenters. The van der Waals surface area contributed by atoms with Gasteiger partial charge in [-0.3, -0.25) is 4.79 Å². The Hall–Kier alpha value is -3.09. The Balaban J connectivity index is 1.84. The molecule has 1 aromatic heterocycles. The van der Waals surface area contributed by atoms with Crippen molar-refractivity contribution in [3.05, 3.63) is 42.0 Å². The summed E-state index contributed by atoms with van der Waals surface area (Å²) in [5.74, 6) is 0.930. The minimum atomic E-state index is -0.227. The molecule has 124 valence electrons. The van der Waals surface area contributed by atoms with Crippen molar-refractivity contribution in [3.8, 4) is 11.5 Å². The van der Waals surface area contributed by atoms with Crippen molar-refractivity contribution in [3.63, 3.8) is 0 Å². The van der Waals surface area contributed by atoms with Crippen molar-refractivity contribution in [2.75, 3.05) is 19.5 Å². The first-order valence-corrected chi connectivity index (χ1v) is 7.53. The van der Waals surface area contributed by atoms with Crippen molar-refractivity contribution in [2.45, 2.75) is 13.5 Å². The van der Waals surface area contributed by atoms with Crippen LogP contribution in [0.2, 0.25) is 0 Å². The third kappa shape index (κ3) is 2.88. The Bertz CT molecular complexity index is 889. The molecular weight excluding hydrogens is 308 g/mol. The number of nitrogens with one attached hydrogen (secondary N) is 1. The molecular formula is C17H18N4O3. The Kier molecular flexibility index (Phi) is 4.33. The molecule has 0 bridgehead atoms. The summed E-state index contributed by atoms with van der Waals surface area (Å²) >= 11 is 0. The molecule has 0 radical (unpaired) electrons. The fraction of sp³-hybridized carbons (Fsp3) is 0.235. The van der Waals surface area contributed by atoms with E-state index in [2.05, 4.69) is 15.6 Å². The molecule has 7 nitrogen and oxygen atoms in total. The third-order valence-corrected chi connectivity index (χ3v) is 3.72. The minimum Gasteiger partial charge on any atom is -0.493 e. The van der Waals surface area contributed by atoms with E-state index in [4.69, 9.17) is 9.47 Å². The highest BCUT2D eigenvalue weighted by Gasteiger charge is 2.11. The fourth-order valence-corrected chi connectivity index (χ4v) is 2.46. The number of benzene rings is 2. The summed E-state index contributed by atoms with van der Waals surface area (Å²) < 4.78 is 12.2. The number of amides is 1. The molecule has 1 amide bonds. The zero-order valence-corrected chi connectivity index (χ0v) is 13.7. The third-order valence-electron chi connectivity index (χ3n) is 3.72. The van der Waals surface area contributed by atoms with Gasteiger partial charge in [-0.25, -0.2) is 4.68 Å². The fourth-order valence-electron chi connectivity index (χ4n) is 2.46. The number of carbonyl (C=O) groups is 1. The monoisotopic (exact) mass is 326 g/mol. The lowest BCUT2D eigenvalue weighted by atomic mass is 10.1. The van der Waals surface area contributed by atoms with Crippen molar-refractivity contribution in [1.29, 1.82) is 0 Å². The SMILES string of the molecule is CCn1nnc2cc(C(=O)Nc3ccc(OC)c(OC)c3)ccc21. The van der Waals surface area contributed by atoms with Crippen LogP contribution in [-0.2, 0) is 6.54 Å². The van der Waals surface area contributed by atoms with Gasteiger partial charge in [-0.15, -0.1) is 5.10 Å². The molecule has 0 fully saturated rings. The lowest BCUT2D eigenvalue weighted by molar-refractivity contribution is 0.102. The van der Waals surface area contributed by atoms with Crippen LogP contribution in [0.25, 0.3) is 11.0 Å². The largest absolute Gasteiger partial charge is 0.493 e. The topological polar surface area (TPSA) is 78.3 Å². The predicted molar refractivity (Wildman–Crippen MR) is 90.7 cm³/mol. The molecule has 0 saturated carbocycles. The van der Waals surface area contributed by atoms with Gasteiger partial charge >= 0.3 is 0 Å². The number of nitrogens with zero attached hydrogens (tertiary/aromatic N) is 3. The van der Waals surface area contributed by atoms with Crippen LogP contribution in [0.1, 0.15) is 17.3 Å². The van der Waals surface area contributed by atoms with E-state index >= 15 is 0 Å². The number of ether oxygens (including phenoxy) is 2. The summed E-state index contributed by atoms with van der Waals surface area (Å²) in [6.45, 7) is 2.72. The maximum Gasteiger partial charge on any atom is 0.255 e. The number of aryl methyl sites for hydroxylation is 1. The molecule has 0 saturated heterocycles. The van der Waals surface area contributed by atoms with E-state index in [-0.39, 0.29) is 5.91 Å². The minimum absolute atomic E-state index is 0.227. The number of aromatic nitrogens is 3. The van der Waals surface area contributed by atoms with Crippen LogP contribution >= 0.6 is 0 Å². The average molecular weight is 326 g/mol. The first-order valence-electron chi connectivity index (χ1n) is 7.53. The lowest BCUT2D eigenvalue weighted by Gasteiger charge is -2.10. The standard InChI is InChI=1S/C17H18N4O3/c1-4-21-14-7-5-11(9-13(14)19-20-21)17(22)18-12-6-8-15(23-2)16(10-12)24-3/h5-10H,4H2,1-3H3,(H,18,22). The summed E-state index contributed by atoms with van der Waals surface area (Å²) in [5.41, 5.74) is 2.73. The van der Waals surface area contributed by atoms with Crippen LogP contribution in [0, 0.1) is 0 Å². The molecule has 24 heavy (non-hydrogen) atoms. The van der Waals surface area contributed by atoms with Gasteiger partial charge in [0, 0.05) is 23.9 Å². The quantitative estimate of drug-likeness (QED) is 0.780. The van der Waals surface area contributed by atoms with Crippen molar-refractivity contribution in [2.24, 2.45) is 0 Å². The van der Waals surface area contributed by atoms with Gasteiger partial charge in [0.2, 0.25) is 0 Å². The predicted octanol–water partition coefficient (Wildman–Crippen LogP) is 2.72. The number of carbonyl (C=O) groups excluding carboxylic acids is 1. The molecule has 3 rings (SSSR count). The van der Waals surface area contributed by atoms with E-state index < -0.39 is 0 Å². The van der Waals surface area contributed by atoms with Gasteiger partial charge in [-0.2, -0.15) is 0 Å². The molecule has 2 aromatic carbocycles. The molecule has 0 aliphatic rings. The second-order valence-corrected chi connectivity index (χ2v) is 5.13. The van der Waals surface area contributed by atoms with Gasteiger partial charge in [0.05, 0.1) is 19.7 Å². The summed E-state index contributed by atoms with van der Waals surface area (Å²) in [6, 6.07) is 10.5.